The molecule has 10 heavy (non-hydrogen) atoms. The fraction of sp³-hybridized carbons (Fsp3) is 1.00. The first-order valence-electron chi connectivity index (χ1n) is 2.75. The Kier molecular flexibility index (Phi) is 2.64. The zero-order valence-corrected chi connectivity index (χ0v) is 8.07. The number of hydrogen-bond acceptors (Lipinski definition) is 1. The maximum absolute atomic E-state index is 5.73. The van der Waals surface area contributed by atoms with E-state index < -0.39 is 8.67 Å². The Hall–Kier alpha value is 1.12. The van der Waals surface area contributed by atoms with Gasteiger partial charge in [0.15, 0.2) is 0 Å². The highest BCUT2D eigenvalue weighted by Crippen LogP contribution is 2.41. The van der Waals surface area contributed by atoms with Crippen LogP contribution in [-0.4, -0.2) is 21.9 Å². The van der Waals surface area contributed by atoms with Gasteiger partial charge in [-0.1, -0.05) is 46.4 Å². The summed E-state index contributed by atoms with van der Waals surface area (Å²) in [4.78, 5) is 0. The summed E-state index contributed by atoms with van der Waals surface area (Å²) < 4.78 is 3.11. The number of alkyl halides is 4. The minimum Gasteiger partial charge on any atom is -0.375 e. The molecular formula is C5H6Cl4O. The van der Waals surface area contributed by atoms with Crippen LogP contribution in [0.5, 0.6) is 0 Å². The molecule has 0 radical (unpaired) electrons. The van der Waals surface area contributed by atoms with Crippen LogP contribution in [0.1, 0.15) is 6.42 Å². The molecular weight excluding hydrogens is 218 g/mol. The number of ether oxygens (including phenoxy) is 1. The van der Waals surface area contributed by atoms with Crippen molar-refractivity contribution in [3.05, 3.63) is 0 Å². The summed E-state index contributed by atoms with van der Waals surface area (Å²) in [5.74, 6) is 0. The van der Waals surface area contributed by atoms with Gasteiger partial charge in [0.25, 0.3) is 0 Å². The van der Waals surface area contributed by atoms with Crippen LogP contribution in [0.2, 0.25) is 0 Å². The minimum absolute atomic E-state index is 0.289. The Morgan fingerprint density at radius 2 is 1.30 bits per heavy atom. The fourth-order valence-electron chi connectivity index (χ4n) is 0.830. The molecule has 1 aliphatic rings. The summed E-state index contributed by atoms with van der Waals surface area (Å²) in [7, 11) is 0. The Balaban J connectivity index is 2.56. The average molecular weight is 224 g/mol. The highest BCUT2D eigenvalue weighted by Gasteiger charge is 2.41. The molecule has 0 spiro atoms. The molecule has 5 heteroatoms. The van der Waals surface area contributed by atoms with Gasteiger partial charge in [0.05, 0.1) is 13.2 Å². The van der Waals surface area contributed by atoms with Crippen molar-refractivity contribution in [1.82, 2.24) is 0 Å². The lowest BCUT2D eigenvalue weighted by atomic mass is 10.2. The highest BCUT2D eigenvalue weighted by molar-refractivity contribution is 6.53. The van der Waals surface area contributed by atoms with E-state index in [-0.39, 0.29) is 13.2 Å². The van der Waals surface area contributed by atoms with Crippen LogP contribution in [0.15, 0.2) is 0 Å². The minimum atomic E-state index is -0.929. The van der Waals surface area contributed by atoms with E-state index in [1.165, 1.54) is 0 Å². The third-order valence-electron chi connectivity index (χ3n) is 1.14. The molecule has 0 aromatic heterocycles. The predicted molar refractivity (Wildman–Crippen MR) is 44.3 cm³/mol. The molecule has 1 nitrogen and oxygen atoms in total. The zero-order chi connectivity index (χ0) is 7.83. The molecule has 0 aliphatic carbocycles. The normalized spacial score (nSPS) is 30.0. The van der Waals surface area contributed by atoms with E-state index in [0.717, 1.165) is 0 Å². The van der Waals surface area contributed by atoms with Crippen LogP contribution >= 0.6 is 46.4 Å². The van der Waals surface area contributed by atoms with Crippen molar-refractivity contribution in [2.45, 2.75) is 15.1 Å². The Bertz CT molecular complexity index is 120. The molecule has 0 atom stereocenters. The van der Waals surface area contributed by atoms with E-state index in [1.807, 2.05) is 0 Å². The molecule has 0 unspecified atom stereocenters. The second-order valence-corrected chi connectivity index (χ2v) is 5.66. The second-order valence-electron chi connectivity index (χ2n) is 2.38. The average Bonchev–Trinajstić information content (AvgIpc) is 1.56. The van der Waals surface area contributed by atoms with Crippen molar-refractivity contribution in [2.75, 3.05) is 13.2 Å². The molecule has 0 N–H and O–H groups in total. The first kappa shape index (κ1) is 9.21. The van der Waals surface area contributed by atoms with Gasteiger partial charge in [-0.25, -0.2) is 0 Å². The van der Waals surface area contributed by atoms with Crippen LogP contribution in [0.4, 0.5) is 0 Å². The summed E-state index contributed by atoms with van der Waals surface area (Å²) in [5.41, 5.74) is 0. The molecule has 60 valence electrons. The Morgan fingerprint density at radius 1 is 0.900 bits per heavy atom. The van der Waals surface area contributed by atoms with Crippen LogP contribution in [0.25, 0.3) is 0 Å². The molecule has 0 aromatic carbocycles. The topological polar surface area (TPSA) is 9.23 Å². The third-order valence-corrected chi connectivity index (χ3v) is 2.11. The van der Waals surface area contributed by atoms with Crippen molar-refractivity contribution in [2.24, 2.45) is 0 Å². The van der Waals surface area contributed by atoms with Crippen molar-refractivity contribution >= 4 is 46.4 Å². The van der Waals surface area contributed by atoms with Crippen molar-refractivity contribution in [1.29, 1.82) is 0 Å². The second kappa shape index (κ2) is 2.87. The molecule has 1 heterocycles. The number of hydrogen-bond donors (Lipinski definition) is 0. The van der Waals surface area contributed by atoms with E-state index in [2.05, 4.69) is 0 Å². The van der Waals surface area contributed by atoms with Gasteiger partial charge in [0.2, 0.25) is 0 Å². The van der Waals surface area contributed by atoms with Gasteiger partial charge < -0.3 is 4.74 Å². The van der Waals surface area contributed by atoms with Crippen LogP contribution < -0.4 is 0 Å². The largest absolute Gasteiger partial charge is 0.375 e. The van der Waals surface area contributed by atoms with Gasteiger partial charge in [-0.2, -0.15) is 0 Å². The number of halogens is 4. The van der Waals surface area contributed by atoms with Crippen molar-refractivity contribution in [3.63, 3.8) is 0 Å². The molecule has 0 saturated carbocycles. The van der Waals surface area contributed by atoms with Crippen molar-refractivity contribution in [3.8, 4) is 0 Å². The first-order chi connectivity index (χ1) is 4.41. The molecule has 1 aliphatic heterocycles. The van der Waals surface area contributed by atoms with E-state index in [0.29, 0.717) is 6.42 Å². The maximum atomic E-state index is 5.73. The third kappa shape index (κ3) is 2.63. The van der Waals surface area contributed by atoms with Gasteiger partial charge in [-0.05, 0) is 0 Å². The fourth-order valence-corrected chi connectivity index (χ4v) is 2.32. The van der Waals surface area contributed by atoms with Crippen LogP contribution in [-0.2, 0) is 4.74 Å². The molecule has 0 amide bonds. The summed E-state index contributed by atoms with van der Waals surface area (Å²) in [5, 5.41) is 0. The highest BCUT2D eigenvalue weighted by atomic mass is 35.5. The monoisotopic (exact) mass is 222 g/mol. The smallest absolute Gasteiger partial charge is 0.144 e. The molecule has 1 saturated heterocycles. The van der Waals surface area contributed by atoms with E-state index in [9.17, 15) is 0 Å². The van der Waals surface area contributed by atoms with Gasteiger partial charge >= 0.3 is 0 Å². The van der Waals surface area contributed by atoms with Gasteiger partial charge in [0.1, 0.15) is 8.67 Å². The quantitative estimate of drug-likeness (QED) is 0.574. The first-order valence-corrected chi connectivity index (χ1v) is 4.26. The predicted octanol–water partition coefficient (Wildman–Crippen LogP) is 2.75. The summed E-state index contributed by atoms with van der Waals surface area (Å²) in [6.45, 7) is 0.578. The number of rotatable bonds is 0. The molecule has 1 rings (SSSR count). The van der Waals surface area contributed by atoms with Crippen LogP contribution in [0.3, 0.4) is 0 Å². The molecule has 1 fully saturated rings. The van der Waals surface area contributed by atoms with E-state index in [1.54, 1.807) is 0 Å². The lowest BCUT2D eigenvalue weighted by Crippen LogP contribution is -2.39. The zero-order valence-electron chi connectivity index (χ0n) is 5.04. The Morgan fingerprint density at radius 3 is 1.50 bits per heavy atom. The van der Waals surface area contributed by atoms with E-state index >= 15 is 0 Å². The summed E-state index contributed by atoms with van der Waals surface area (Å²) in [6, 6.07) is 0. The molecule has 0 bridgehead atoms. The van der Waals surface area contributed by atoms with Gasteiger partial charge in [-0.3, -0.25) is 0 Å². The van der Waals surface area contributed by atoms with Crippen molar-refractivity contribution < 1.29 is 4.74 Å². The standard InChI is InChI=1S/C5H6Cl4O/c6-4(7)1-5(8,9)3-10-2-4/h1-3H2. The summed E-state index contributed by atoms with van der Waals surface area (Å²) >= 11 is 22.9. The lowest BCUT2D eigenvalue weighted by Gasteiger charge is -2.33. The van der Waals surface area contributed by atoms with Gasteiger partial charge in [0, 0.05) is 6.42 Å². The molecule has 0 aromatic rings. The Labute approximate surface area is 79.5 Å². The van der Waals surface area contributed by atoms with E-state index in [4.69, 9.17) is 51.1 Å². The lowest BCUT2D eigenvalue weighted by molar-refractivity contribution is 0.0827. The SMILES string of the molecule is ClC1(Cl)COCC(Cl)(Cl)C1. The van der Waals surface area contributed by atoms with Gasteiger partial charge in [-0.15, -0.1) is 0 Å². The summed E-state index contributed by atoms with van der Waals surface area (Å²) in [6.07, 6.45) is 0.340. The maximum Gasteiger partial charge on any atom is 0.144 e. The van der Waals surface area contributed by atoms with Crippen LogP contribution in [0, 0.1) is 0 Å².